The molecule has 8 heteroatoms. The highest BCUT2D eigenvalue weighted by Crippen LogP contribution is 2.45. The van der Waals surface area contributed by atoms with Crippen molar-refractivity contribution < 1.29 is 34.0 Å². The topological polar surface area (TPSA) is 126 Å². The Morgan fingerprint density at radius 1 is 1.15 bits per heavy atom. The Kier molecular flexibility index (Phi) is 3.30. The first-order valence-electron chi connectivity index (χ1n) is 7.56. The predicted octanol–water partition coefficient (Wildman–Crippen LogP) is 2.53. The number of rotatable bonds is 1. The molecule has 0 radical (unpaired) electrons. The van der Waals surface area contributed by atoms with Gasteiger partial charge in [0.25, 0.3) is 0 Å². The van der Waals surface area contributed by atoms with Gasteiger partial charge in [0.1, 0.15) is 16.7 Å². The molecule has 0 spiro atoms. The number of benzene rings is 2. The molecule has 0 saturated carbocycles. The van der Waals surface area contributed by atoms with E-state index in [2.05, 4.69) is 0 Å². The summed E-state index contributed by atoms with van der Waals surface area (Å²) >= 11 is 0. The van der Waals surface area contributed by atoms with E-state index < -0.39 is 34.9 Å². The molecule has 1 aliphatic rings. The SMILES string of the molecule is CC(=O)O[C@@H]1Oc2ccccc2-c2c1oc1cc(O)c(O)c(O)c1c2=O. The quantitative estimate of drug-likeness (QED) is 0.448. The molecule has 3 N–H and O–H groups in total. The van der Waals surface area contributed by atoms with E-state index in [0.29, 0.717) is 11.3 Å². The van der Waals surface area contributed by atoms with Gasteiger partial charge in [-0.15, -0.1) is 0 Å². The van der Waals surface area contributed by atoms with E-state index in [0.717, 1.165) is 6.07 Å². The number of para-hydroxylation sites is 1. The van der Waals surface area contributed by atoms with E-state index in [9.17, 15) is 24.9 Å². The number of aromatic hydroxyl groups is 3. The summed E-state index contributed by atoms with van der Waals surface area (Å²) in [5, 5.41) is 29.2. The Labute approximate surface area is 145 Å². The fraction of sp³-hybridized carbons (Fsp3) is 0.111. The molecule has 2 aromatic carbocycles. The van der Waals surface area contributed by atoms with Crippen LogP contribution in [0.2, 0.25) is 0 Å². The largest absolute Gasteiger partial charge is 0.504 e. The van der Waals surface area contributed by atoms with Crippen LogP contribution in [0.4, 0.5) is 0 Å². The highest BCUT2D eigenvalue weighted by atomic mass is 16.7. The second kappa shape index (κ2) is 5.41. The van der Waals surface area contributed by atoms with Gasteiger partial charge in [0.2, 0.25) is 11.2 Å². The molecule has 132 valence electrons. The predicted molar refractivity (Wildman–Crippen MR) is 88.0 cm³/mol. The number of fused-ring (bicyclic) bond motifs is 4. The minimum absolute atomic E-state index is 0.0333. The van der Waals surface area contributed by atoms with Crippen molar-refractivity contribution in [3.8, 4) is 34.1 Å². The molecular formula is C18H12O8. The van der Waals surface area contributed by atoms with Crippen molar-refractivity contribution >= 4 is 16.9 Å². The summed E-state index contributed by atoms with van der Waals surface area (Å²) in [7, 11) is 0. The standard InChI is InChI=1S/C18H12O8/c1-7(19)24-18-17-12(8-4-2-3-5-10(8)26-18)15(22)13-11(25-17)6-9(20)14(21)16(13)23/h2-6,18,20-21,23H,1H3/t18-/m1/s1. The van der Waals surface area contributed by atoms with Crippen molar-refractivity contribution in [2.45, 2.75) is 13.2 Å². The van der Waals surface area contributed by atoms with Crippen LogP contribution in [0.25, 0.3) is 22.1 Å². The maximum absolute atomic E-state index is 13.0. The lowest BCUT2D eigenvalue weighted by Gasteiger charge is -2.26. The molecule has 0 fully saturated rings. The molecule has 0 saturated heterocycles. The van der Waals surface area contributed by atoms with Gasteiger partial charge in [-0.3, -0.25) is 9.59 Å². The highest BCUT2D eigenvalue weighted by Gasteiger charge is 2.35. The zero-order valence-electron chi connectivity index (χ0n) is 13.3. The zero-order valence-corrected chi connectivity index (χ0v) is 13.3. The number of carbonyl (C=O) groups is 1. The van der Waals surface area contributed by atoms with Gasteiger partial charge < -0.3 is 29.2 Å². The summed E-state index contributed by atoms with van der Waals surface area (Å²) in [6.07, 6.45) is -1.31. The normalized spacial score (nSPS) is 15.0. The maximum atomic E-state index is 13.0. The van der Waals surface area contributed by atoms with Crippen molar-refractivity contribution in [1.82, 2.24) is 0 Å². The molecule has 1 atom stereocenters. The van der Waals surface area contributed by atoms with Crippen molar-refractivity contribution in [1.29, 1.82) is 0 Å². The number of phenols is 3. The summed E-state index contributed by atoms with van der Waals surface area (Å²) < 4.78 is 16.3. The smallest absolute Gasteiger partial charge is 0.306 e. The molecule has 0 bridgehead atoms. The molecule has 1 aliphatic heterocycles. The van der Waals surface area contributed by atoms with E-state index in [1.807, 2.05) is 0 Å². The van der Waals surface area contributed by atoms with Crippen molar-refractivity contribution in [2.24, 2.45) is 0 Å². The first-order valence-corrected chi connectivity index (χ1v) is 7.56. The van der Waals surface area contributed by atoms with Crippen LogP contribution in [0.1, 0.15) is 19.0 Å². The molecule has 0 aliphatic carbocycles. The molecule has 0 amide bonds. The molecule has 1 aromatic heterocycles. The Bertz CT molecular complexity index is 1130. The van der Waals surface area contributed by atoms with Crippen LogP contribution in [-0.4, -0.2) is 21.3 Å². The van der Waals surface area contributed by atoms with Crippen LogP contribution in [0.5, 0.6) is 23.0 Å². The van der Waals surface area contributed by atoms with Gasteiger partial charge in [-0.1, -0.05) is 18.2 Å². The molecule has 2 heterocycles. The Hall–Kier alpha value is -3.68. The minimum Gasteiger partial charge on any atom is -0.504 e. The second-order valence-corrected chi connectivity index (χ2v) is 5.69. The lowest BCUT2D eigenvalue weighted by molar-refractivity contribution is -0.164. The van der Waals surface area contributed by atoms with E-state index in [-0.39, 0.29) is 22.3 Å². The number of phenolic OH excluding ortho intramolecular Hbond substituents is 3. The van der Waals surface area contributed by atoms with Gasteiger partial charge in [-0.2, -0.15) is 0 Å². The van der Waals surface area contributed by atoms with Crippen LogP contribution >= 0.6 is 0 Å². The van der Waals surface area contributed by atoms with Gasteiger partial charge in [0, 0.05) is 18.6 Å². The molecular weight excluding hydrogens is 344 g/mol. The summed E-state index contributed by atoms with van der Waals surface area (Å²) in [4.78, 5) is 24.4. The van der Waals surface area contributed by atoms with E-state index in [1.54, 1.807) is 24.3 Å². The molecule has 8 nitrogen and oxygen atoms in total. The van der Waals surface area contributed by atoms with Crippen molar-refractivity contribution in [3.05, 3.63) is 46.3 Å². The summed E-state index contributed by atoms with van der Waals surface area (Å²) in [6, 6.07) is 7.54. The summed E-state index contributed by atoms with van der Waals surface area (Å²) in [5.74, 6) is -2.74. The first kappa shape index (κ1) is 15.8. The van der Waals surface area contributed by atoms with Gasteiger partial charge in [0.15, 0.2) is 17.3 Å². The van der Waals surface area contributed by atoms with Crippen molar-refractivity contribution in [3.63, 3.8) is 0 Å². The Morgan fingerprint density at radius 2 is 1.88 bits per heavy atom. The minimum atomic E-state index is -1.31. The highest BCUT2D eigenvalue weighted by molar-refractivity contribution is 5.92. The van der Waals surface area contributed by atoms with Gasteiger partial charge in [-0.25, -0.2) is 0 Å². The third kappa shape index (κ3) is 2.16. The van der Waals surface area contributed by atoms with Crippen LogP contribution in [0.3, 0.4) is 0 Å². The number of esters is 1. The lowest BCUT2D eigenvalue weighted by Crippen LogP contribution is -2.23. The van der Waals surface area contributed by atoms with Crippen LogP contribution in [0.15, 0.2) is 39.5 Å². The molecule has 3 aromatic rings. The third-order valence-corrected chi connectivity index (χ3v) is 4.02. The number of ether oxygens (including phenoxy) is 2. The van der Waals surface area contributed by atoms with Gasteiger partial charge >= 0.3 is 12.3 Å². The lowest BCUT2D eigenvalue weighted by atomic mass is 9.98. The van der Waals surface area contributed by atoms with Gasteiger partial charge in [0.05, 0.1) is 5.56 Å². The molecule has 26 heavy (non-hydrogen) atoms. The molecule has 0 unspecified atom stereocenters. The van der Waals surface area contributed by atoms with Gasteiger partial charge in [-0.05, 0) is 6.07 Å². The summed E-state index contributed by atoms with van der Waals surface area (Å²) in [6.45, 7) is 1.18. The first-order chi connectivity index (χ1) is 12.4. The van der Waals surface area contributed by atoms with Crippen LogP contribution in [0, 0.1) is 0 Å². The number of carbonyl (C=O) groups excluding carboxylic acids is 1. The third-order valence-electron chi connectivity index (χ3n) is 4.02. The second-order valence-electron chi connectivity index (χ2n) is 5.69. The summed E-state index contributed by atoms with van der Waals surface area (Å²) in [5.41, 5.74) is -0.442. The number of hydrogen-bond donors (Lipinski definition) is 3. The maximum Gasteiger partial charge on any atom is 0.306 e. The fourth-order valence-electron chi connectivity index (χ4n) is 2.92. The van der Waals surface area contributed by atoms with Crippen LogP contribution < -0.4 is 10.2 Å². The average molecular weight is 356 g/mol. The van der Waals surface area contributed by atoms with E-state index >= 15 is 0 Å². The number of hydrogen-bond acceptors (Lipinski definition) is 8. The van der Waals surface area contributed by atoms with E-state index in [4.69, 9.17) is 13.9 Å². The fourth-order valence-corrected chi connectivity index (χ4v) is 2.92. The van der Waals surface area contributed by atoms with E-state index in [1.165, 1.54) is 6.92 Å². The van der Waals surface area contributed by atoms with Crippen molar-refractivity contribution in [2.75, 3.05) is 0 Å². The zero-order chi connectivity index (χ0) is 18.6. The molecule has 4 rings (SSSR count). The average Bonchev–Trinajstić information content (AvgIpc) is 2.59. The van der Waals surface area contributed by atoms with Crippen LogP contribution in [-0.2, 0) is 9.53 Å². The Balaban J connectivity index is 2.13. The monoisotopic (exact) mass is 356 g/mol. The Morgan fingerprint density at radius 3 is 2.62 bits per heavy atom.